The molecule has 21 heavy (non-hydrogen) atoms. The van der Waals surface area contributed by atoms with Gasteiger partial charge in [0.1, 0.15) is 5.76 Å². The monoisotopic (exact) mass is 287 g/mol. The van der Waals surface area contributed by atoms with Crippen molar-refractivity contribution in [2.45, 2.75) is 19.8 Å². The van der Waals surface area contributed by atoms with E-state index in [4.69, 9.17) is 14.3 Å². The second kappa shape index (κ2) is 5.41. The van der Waals surface area contributed by atoms with E-state index in [0.29, 0.717) is 24.5 Å². The lowest BCUT2D eigenvalue weighted by molar-refractivity contribution is 0.0660. The molecule has 1 aliphatic rings. The number of nitrogens with one attached hydrogen (secondary N) is 1. The minimum Gasteiger partial charge on any atom is -0.475 e. The highest BCUT2D eigenvalue weighted by molar-refractivity contribution is 5.94. The SMILES string of the molecule is O=C(NCc1ccc(C(=O)O)o1)c1ccc2c(c1)COC2. The van der Waals surface area contributed by atoms with Crippen molar-refractivity contribution >= 4 is 11.9 Å². The maximum absolute atomic E-state index is 12.0. The Bertz CT molecular complexity index is 704. The van der Waals surface area contributed by atoms with Crippen molar-refractivity contribution in [3.05, 3.63) is 58.5 Å². The van der Waals surface area contributed by atoms with Crippen LogP contribution in [0.2, 0.25) is 0 Å². The molecule has 0 spiro atoms. The van der Waals surface area contributed by atoms with Crippen LogP contribution >= 0.6 is 0 Å². The van der Waals surface area contributed by atoms with Crippen molar-refractivity contribution in [1.29, 1.82) is 0 Å². The molecule has 1 aromatic heterocycles. The highest BCUT2D eigenvalue weighted by Crippen LogP contribution is 2.20. The summed E-state index contributed by atoms with van der Waals surface area (Å²) in [4.78, 5) is 22.7. The normalized spacial score (nSPS) is 13.0. The fraction of sp³-hybridized carbons (Fsp3) is 0.200. The highest BCUT2D eigenvalue weighted by atomic mass is 16.5. The van der Waals surface area contributed by atoms with Gasteiger partial charge in [-0.3, -0.25) is 4.79 Å². The summed E-state index contributed by atoms with van der Waals surface area (Å²) in [5.41, 5.74) is 2.67. The summed E-state index contributed by atoms with van der Waals surface area (Å²) in [6.45, 7) is 1.25. The van der Waals surface area contributed by atoms with E-state index in [-0.39, 0.29) is 18.2 Å². The van der Waals surface area contributed by atoms with Gasteiger partial charge in [-0.15, -0.1) is 0 Å². The summed E-state index contributed by atoms with van der Waals surface area (Å²) in [5.74, 6) is -1.12. The minimum atomic E-state index is -1.13. The minimum absolute atomic E-state index is 0.139. The molecule has 0 saturated heterocycles. The van der Waals surface area contributed by atoms with Crippen molar-refractivity contribution in [2.24, 2.45) is 0 Å². The number of rotatable bonds is 4. The molecule has 0 atom stereocenters. The Hall–Kier alpha value is -2.60. The Morgan fingerprint density at radius 1 is 1.14 bits per heavy atom. The van der Waals surface area contributed by atoms with Crippen LogP contribution in [-0.4, -0.2) is 17.0 Å². The number of aromatic carboxylic acids is 1. The molecule has 2 N–H and O–H groups in total. The number of hydrogen-bond acceptors (Lipinski definition) is 4. The average Bonchev–Trinajstić information content (AvgIpc) is 3.12. The molecule has 0 bridgehead atoms. The zero-order chi connectivity index (χ0) is 14.8. The Balaban J connectivity index is 1.64. The third-order valence-electron chi connectivity index (χ3n) is 3.28. The van der Waals surface area contributed by atoms with Gasteiger partial charge in [-0.2, -0.15) is 0 Å². The molecule has 0 unspecified atom stereocenters. The maximum Gasteiger partial charge on any atom is 0.371 e. The lowest BCUT2D eigenvalue weighted by Crippen LogP contribution is -2.22. The first-order chi connectivity index (χ1) is 10.1. The molecule has 2 heterocycles. The zero-order valence-electron chi connectivity index (χ0n) is 11.1. The van der Waals surface area contributed by atoms with Crippen molar-refractivity contribution in [3.63, 3.8) is 0 Å². The van der Waals surface area contributed by atoms with E-state index < -0.39 is 5.97 Å². The van der Waals surface area contributed by atoms with Gasteiger partial charge < -0.3 is 19.6 Å². The number of carboxylic acid groups (broad SMARTS) is 1. The molecule has 1 aliphatic heterocycles. The van der Waals surface area contributed by atoms with Gasteiger partial charge in [0.25, 0.3) is 5.91 Å². The quantitative estimate of drug-likeness (QED) is 0.897. The van der Waals surface area contributed by atoms with Crippen LogP contribution in [-0.2, 0) is 24.5 Å². The van der Waals surface area contributed by atoms with E-state index in [2.05, 4.69) is 5.32 Å². The number of furan rings is 1. The van der Waals surface area contributed by atoms with Crippen LogP contribution in [0, 0.1) is 0 Å². The van der Waals surface area contributed by atoms with Crippen LogP contribution in [0.5, 0.6) is 0 Å². The van der Waals surface area contributed by atoms with Crippen molar-refractivity contribution in [1.82, 2.24) is 5.32 Å². The smallest absolute Gasteiger partial charge is 0.371 e. The number of hydrogen-bond donors (Lipinski definition) is 2. The number of carboxylic acids is 1. The first kappa shape index (κ1) is 13.4. The molecule has 1 aromatic carbocycles. The summed E-state index contributed by atoms with van der Waals surface area (Å²) in [7, 11) is 0. The Kier molecular flexibility index (Phi) is 3.45. The Labute approximate surface area is 120 Å². The first-order valence-corrected chi connectivity index (χ1v) is 6.43. The zero-order valence-corrected chi connectivity index (χ0v) is 11.1. The molecular formula is C15H13NO5. The lowest BCUT2D eigenvalue weighted by atomic mass is 10.1. The van der Waals surface area contributed by atoms with Gasteiger partial charge in [0, 0.05) is 5.56 Å². The van der Waals surface area contributed by atoms with Crippen molar-refractivity contribution in [3.8, 4) is 0 Å². The number of benzene rings is 1. The van der Waals surface area contributed by atoms with E-state index in [0.717, 1.165) is 11.1 Å². The second-order valence-corrected chi connectivity index (χ2v) is 4.73. The summed E-state index contributed by atoms with van der Waals surface area (Å²) in [6.07, 6.45) is 0. The molecule has 6 heteroatoms. The van der Waals surface area contributed by atoms with E-state index in [1.54, 1.807) is 6.07 Å². The Morgan fingerprint density at radius 2 is 1.95 bits per heavy atom. The fourth-order valence-electron chi connectivity index (χ4n) is 2.17. The Morgan fingerprint density at radius 3 is 2.71 bits per heavy atom. The summed E-state index contributed by atoms with van der Waals surface area (Å²) >= 11 is 0. The van der Waals surface area contributed by atoms with Crippen molar-refractivity contribution in [2.75, 3.05) is 0 Å². The third kappa shape index (κ3) is 2.80. The van der Waals surface area contributed by atoms with E-state index in [1.807, 2.05) is 12.1 Å². The van der Waals surface area contributed by atoms with Gasteiger partial charge in [-0.05, 0) is 35.4 Å². The van der Waals surface area contributed by atoms with E-state index >= 15 is 0 Å². The fourth-order valence-corrected chi connectivity index (χ4v) is 2.17. The van der Waals surface area contributed by atoms with Crippen LogP contribution < -0.4 is 5.32 Å². The molecule has 1 amide bonds. The van der Waals surface area contributed by atoms with Crippen LogP contribution in [0.1, 0.15) is 37.8 Å². The number of ether oxygens (including phenoxy) is 1. The second-order valence-electron chi connectivity index (χ2n) is 4.73. The molecule has 3 rings (SSSR count). The number of fused-ring (bicyclic) bond motifs is 1. The van der Waals surface area contributed by atoms with Gasteiger partial charge >= 0.3 is 5.97 Å². The molecular weight excluding hydrogens is 274 g/mol. The molecule has 6 nitrogen and oxygen atoms in total. The van der Waals surface area contributed by atoms with Gasteiger partial charge in [0.05, 0.1) is 19.8 Å². The molecule has 2 aromatic rings. The summed E-state index contributed by atoms with van der Waals surface area (Å²) in [5, 5.41) is 11.4. The third-order valence-corrected chi connectivity index (χ3v) is 3.28. The standard InChI is InChI=1S/C15H13NO5/c17-14(9-1-2-10-7-20-8-11(10)5-9)16-6-12-3-4-13(21-12)15(18)19/h1-5H,6-8H2,(H,16,17)(H,18,19). The molecule has 0 aliphatic carbocycles. The topological polar surface area (TPSA) is 88.8 Å². The molecule has 108 valence electrons. The van der Waals surface area contributed by atoms with Crippen LogP contribution in [0.25, 0.3) is 0 Å². The first-order valence-electron chi connectivity index (χ1n) is 6.43. The van der Waals surface area contributed by atoms with Crippen LogP contribution in [0.4, 0.5) is 0 Å². The largest absolute Gasteiger partial charge is 0.475 e. The number of carbonyl (C=O) groups is 2. The van der Waals surface area contributed by atoms with Gasteiger partial charge in [-0.25, -0.2) is 4.79 Å². The average molecular weight is 287 g/mol. The summed E-state index contributed by atoms with van der Waals surface area (Å²) < 4.78 is 10.4. The van der Waals surface area contributed by atoms with Gasteiger partial charge in [0.2, 0.25) is 5.76 Å². The molecule has 0 fully saturated rings. The maximum atomic E-state index is 12.0. The highest BCUT2D eigenvalue weighted by Gasteiger charge is 2.15. The molecule has 0 saturated carbocycles. The predicted molar refractivity (Wildman–Crippen MR) is 71.8 cm³/mol. The molecule has 0 radical (unpaired) electrons. The lowest BCUT2D eigenvalue weighted by Gasteiger charge is -2.05. The predicted octanol–water partition coefficient (Wildman–Crippen LogP) is 1.94. The van der Waals surface area contributed by atoms with E-state index in [1.165, 1.54) is 12.1 Å². The van der Waals surface area contributed by atoms with Crippen molar-refractivity contribution < 1.29 is 23.8 Å². The number of carbonyl (C=O) groups excluding carboxylic acids is 1. The number of amides is 1. The van der Waals surface area contributed by atoms with Crippen LogP contribution in [0.15, 0.2) is 34.7 Å². The summed E-state index contributed by atoms with van der Waals surface area (Å²) in [6, 6.07) is 8.32. The van der Waals surface area contributed by atoms with Gasteiger partial charge in [0.15, 0.2) is 0 Å². The van der Waals surface area contributed by atoms with Gasteiger partial charge in [-0.1, -0.05) is 6.07 Å². The van der Waals surface area contributed by atoms with E-state index in [9.17, 15) is 9.59 Å². The van der Waals surface area contributed by atoms with Crippen LogP contribution in [0.3, 0.4) is 0 Å².